The van der Waals surface area contributed by atoms with Crippen molar-refractivity contribution in [2.24, 2.45) is 0 Å². The molecule has 2 rings (SSSR count). The molecular weight excluding hydrogens is 307 g/mol. The van der Waals surface area contributed by atoms with Gasteiger partial charge in [-0.25, -0.2) is 0 Å². The number of Topliss-reactive ketones (excluding diaryl/α,β-unsaturated/α-hetero) is 1. The van der Waals surface area contributed by atoms with Gasteiger partial charge < -0.3 is 8.98 Å². The summed E-state index contributed by atoms with van der Waals surface area (Å²) in [7, 11) is -2.71. The van der Waals surface area contributed by atoms with Crippen LogP contribution in [0.3, 0.4) is 0 Å². The van der Waals surface area contributed by atoms with Gasteiger partial charge in [0, 0.05) is 24.4 Å². The first kappa shape index (κ1) is 17.2. The number of hydrogen-bond donors (Lipinski definition) is 0. The Bertz CT molecular complexity index is 687. The van der Waals surface area contributed by atoms with Crippen LogP contribution in [0.5, 0.6) is 0 Å². The van der Waals surface area contributed by atoms with E-state index in [-0.39, 0.29) is 17.9 Å². The van der Waals surface area contributed by atoms with Crippen LogP contribution in [0.25, 0.3) is 0 Å². The summed E-state index contributed by atoms with van der Waals surface area (Å²) in [6.07, 6.45) is 5.71. The minimum Gasteiger partial charge on any atom is -0.461 e. The molecule has 4 heteroatoms. The van der Waals surface area contributed by atoms with E-state index in [2.05, 4.69) is 13.2 Å². The van der Waals surface area contributed by atoms with Crippen molar-refractivity contribution in [3.8, 4) is 0 Å². The van der Waals surface area contributed by atoms with Crippen LogP contribution in [0.1, 0.15) is 28.2 Å². The maximum Gasteiger partial charge on any atom is 0.199 e. The van der Waals surface area contributed by atoms with Gasteiger partial charge in [-0.1, -0.05) is 42.5 Å². The number of allylic oxidation sites excluding steroid dienone is 2. The summed E-state index contributed by atoms with van der Waals surface area (Å²) in [6.45, 7) is 7.45. The highest BCUT2D eigenvalue weighted by Crippen LogP contribution is 2.60. The fourth-order valence-corrected chi connectivity index (χ4v) is 5.46. The maximum absolute atomic E-state index is 13.5. The first-order chi connectivity index (χ1) is 11.1. The van der Waals surface area contributed by atoms with Crippen molar-refractivity contribution in [1.82, 2.24) is 0 Å². The monoisotopic (exact) mass is 328 g/mol. The van der Waals surface area contributed by atoms with E-state index in [1.165, 1.54) is 6.26 Å². The van der Waals surface area contributed by atoms with Crippen molar-refractivity contribution in [1.29, 1.82) is 0 Å². The summed E-state index contributed by atoms with van der Waals surface area (Å²) in [4.78, 5) is 12.5. The maximum atomic E-state index is 13.5. The van der Waals surface area contributed by atoms with Gasteiger partial charge in [-0.15, -0.1) is 13.2 Å². The Balaban J connectivity index is 2.39. The quantitative estimate of drug-likeness (QED) is 0.355. The zero-order valence-electron chi connectivity index (χ0n) is 13.1. The van der Waals surface area contributed by atoms with Crippen molar-refractivity contribution in [2.75, 3.05) is 12.3 Å². The average Bonchev–Trinajstić information content (AvgIpc) is 3.08. The molecule has 0 saturated carbocycles. The molecule has 0 unspecified atom stereocenters. The van der Waals surface area contributed by atoms with E-state index in [0.717, 1.165) is 5.56 Å². The molecule has 0 radical (unpaired) electrons. The topological polar surface area (TPSA) is 47.3 Å². The Hall–Kier alpha value is -2.12. The predicted molar refractivity (Wildman–Crippen MR) is 94.6 cm³/mol. The molecule has 0 saturated heterocycles. The van der Waals surface area contributed by atoms with Crippen LogP contribution >= 0.6 is 7.14 Å². The van der Waals surface area contributed by atoms with Crippen LogP contribution in [0, 0.1) is 0 Å². The molecule has 1 atom stereocenters. The largest absolute Gasteiger partial charge is 0.461 e. The lowest BCUT2D eigenvalue weighted by molar-refractivity contribution is 0.0954. The molecule has 120 valence electrons. The van der Waals surface area contributed by atoms with Gasteiger partial charge in [-0.05, 0) is 17.7 Å². The molecule has 0 amide bonds. The summed E-state index contributed by atoms with van der Waals surface area (Å²) >= 11 is 0. The lowest BCUT2D eigenvalue weighted by Gasteiger charge is -2.26. The molecule has 0 bridgehead atoms. The second-order valence-electron chi connectivity index (χ2n) is 5.43. The zero-order valence-corrected chi connectivity index (χ0v) is 14.0. The number of furan rings is 1. The molecule has 23 heavy (non-hydrogen) atoms. The number of rotatable bonds is 9. The normalized spacial score (nSPS) is 12.5. The van der Waals surface area contributed by atoms with Crippen LogP contribution in [0.2, 0.25) is 0 Å². The lowest BCUT2D eigenvalue weighted by Crippen LogP contribution is -2.11. The molecule has 2 aromatic rings. The van der Waals surface area contributed by atoms with Crippen molar-refractivity contribution < 1.29 is 13.8 Å². The van der Waals surface area contributed by atoms with E-state index in [1.54, 1.807) is 24.3 Å². The molecule has 1 aromatic heterocycles. The molecule has 1 heterocycles. The molecule has 0 fully saturated rings. The zero-order chi connectivity index (χ0) is 16.7. The van der Waals surface area contributed by atoms with Crippen molar-refractivity contribution in [3.05, 3.63) is 85.4 Å². The van der Waals surface area contributed by atoms with Gasteiger partial charge in [0.1, 0.15) is 7.14 Å². The highest BCUT2D eigenvalue weighted by molar-refractivity contribution is 7.64. The third kappa shape index (κ3) is 4.20. The van der Waals surface area contributed by atoms with E-state index in [9.17, 15) is 9.36 Å². The first-order valence-corrected chi connectivity index (χ1v) is 9.66. The number of carbonyl (C=O) groups excluding carboxylic acids is 1. The van der Waals surface area contributed by atoms with Crippen LogP contribution in [0.15, 0.2) is 78.5 Å². The van der Waals surface area contributed by atoms with E-state index in [1.807, 2.05) is 30.3 Å². The fraction of sp³-hybridized carbons (Fsp3) is 0.211. The number of hydrogen-bond acceptors (Lipinski definition) is 3. The number of ketones is 1. The highest BCUT2D eigenvalue weighted by atomic mass is 31.2. The SMILES string of the molecule is C=CCP(=O)(CC=C)[C@@H](CC(=O)c1ccco1)c1ccccc1. The Kier molecular flexibility index (Phi) is 5.95. The second kappa shape index (κ2) is 7.94. The first-order valence-electron chi connectivity index (χ1n) is 7.52. The summed E-state index contributed by atoms with van der Waals surface area (Å²) in [5.41, 5.74) is 0.539. The molecule has 0 aliphatic carbocycles. The summed E-state index contributed by atoms with van der Waals surface area (Å²) < 4.78 is 18.7. The van der Waals surface area contributed by atoms with Gasteiger partial charge in [0.05, 0.1) is 6.26 Å². The molecule has 3 nitrogen and oxygen atoms in total. The molecule has 1 aromatic carbocycles. The fourth-order valence-electron chi connectivity index (χ4n) is 2.71. The molecule has 0 spiro atoms. The Morgan fingerprint density at radius 3 is 2.26 bits per heavy atom. The Labute approximate surface area is 137 Å². The predicted octanol–water partition coefficient (Wildman–Crippen LogP) is 5.33. The molecular formula is C19H21O3P. The van der Waals surface area contributed by atoms with Crippen LogP contribution < -0.4 is 0 Å². The van der Waals surface area contributed by atoms with Crippen molar-refractivity contribution in [3.63, 3.8) is 0 Å². The lowest BCUT2D eigenvalue weighted by atomic mass is 10.1. The van der Waals surface area contributed by atoms with Crippen molar-refractivity contribution in [2.45, 2.75) is 12.1 Å². The van der Waals surface area contributed by atoms with E-state index in [0.29, 0.717) is 18.1 Å². The van der Waals surface area contributed by atoms with Gasteiger partial charge in [-0.3, -0.25) is 4.79 Å². The highest BCUT2D eigenvalue weighted by Gasteiger charge is 2.34. The number of benzene rings is 1. The third-order valence-electron chi connectivity index (χ3n) is 3.80. The summed E-state index contributed by atoms with van der Waals surface area (Å²) in [5.74, 6) is 0.159. The van der Waals surface area contributed by atoms with Crippen LogP contribution in [-0.2, 0) is 4.57 Å². The minimum atomic E-state index is -2.71. The minimum absolute atomic E-state index is 0.141. The van der Waals surface area contributed by atoms with E-state index >= 15 is 0 Å². The van der Waals surface area contributed by atoms with Gasteiger partial charge >= 0.3 is 0 Å². The molecule has 0 aliphatic heterocycles. The van der Waals surface area contributed by atoms with E-state index in [4.69, 9.17) is 4.42 Å². The smallest absolute Gasteiger partial charge is 0.199 e. The third-order valence-corrected chi connectivity index (χ3v) is 7.17. The molecule has 0 aliphatic rings. The van der Waals surface area contributed by atoms with Crippen LogP contribution in [-0.4, -0.2) is 18.1 Å². The van der Waals surface area contributed by atoms with Crippen LogP contribution in [0.4, 0.5) is 0 Å². The number of carbonyl (C=O) groups is 1. The summed E-state index contributed by atoms with van der Waals surface area (Å²) in [6, 6.07) is 12.8. The molecule has 0 N–H and O–H groups in total. The second-order valence-corrected chi connectivity index (χ2v) is 8.68. The van der Waals surface area contributed by atoms with E-state index < -0.39 is 7.14 Å². The van der Waals surface area contributed by atoms with Gasteiger partial charge in [0.15, 0.2) is 11.5 Å². The van der Waals surface area contributed by atoms with Gasteiger partial charge in [0.25, 0.3) is 0 Å². The van der Waals surface area contributed by atoms with Gasteiger partial charge in [0.2, 0.25) is 0 Å². The van der Waals surface area contributed by atoms with Gasteiger partial charge in [-0.2, -0.15) is 0 Å². The van der Waals surface area contributed by atoms with Crippen molar-refractivity contribution >= 4 is 12.9 Å². The standard InChI is InChI=1S/C19H21O3P/c1-3-13-23(21,14-4-2)19(16-9-6-5-7-10-16)15-17(20)18-11-8-12-22-18/h3-12,19H,1-2,13-15H2/t19-/m0/s1. The average molecular weight is 328 g/mol. The Morgan fingerprint density at radius 1 is 1.09 bits per heavy atom. The summed E-state index contributed by atoms with van der Waals surface area (Å²) in [5, 5.41) is 0. The Morgan fingerprint density at radius 2 is 1.74 bits per heavy atom.